The second-order valence-electron chi connectivity index (χ2n) is 5.19. The number of ether oxygens (including phenoxy) is 1. The molecule has 0 aromatic heterocycles. The molecule has 0 saturated carbocycles. The van der Waals surface area contributed by atoms with Gasteiger partial charge >= 0.3 is 0 Å². The first-order valence-corrected chi connectivity index (χ1v) is 6.51. The molecule has 0 bridgehead atoms. The number of nitrogens with zero attached hydrogens (tertiary/aromatic N) is 1. The average molecular weight is 244 g/mol. The van der Waals surface area contributed by atoms with Crippen molar-refractivity contribution in [3.05, 3.63) is 35.9 Å². The van der Waals surface area contributed by atoms with E-state index in [1.807, 2.05) is 30.3 Å². The Hall–Kier alpha value is -1.37. The van der Waals surface area contributed by atoms with Crippen molar-refractivity contribution in [2.24, 2.45) is 0 Å². The number of hydrogen-bond donors (Lipinski definition) is 1. The van der Waals surface area contributed by atoms with Crippen molar-refractivity contribution in [2.75, 3.05) is 19.8 Å². The lowest BCUT2D eigenvalue weighted by Crippen LogP contribution is -2.50. The Kier molecular flexibility index (Phi) is 4.35. The molecule has 2 rings (SSSR count). The predicted octanol–water partition coefficient (Wildman–Crippen LogP) is 2.45. The largest absolute Gasteiger partial charge is 0.380 e. The Morgan fingerprint density at radius 2 is 2.22 bits per heavy atom. The van der Waals surface area contributed by atoms with Crippen LogP contribution in [-0.2, 0) is 4.74 Å². The molecule has 3 heteroatoms. The smallest absolute Gasteiger partial charge is 0.0837 e. The monoisotopic (exact) mass is 244 g/mol. The summed E-state index contributed by atoms with van der Waals surface area (Å²) in [4.78, 5) is 0. The lowest BCUT2D eigenvalue weighted by atomic mass is 9.93. The minimum atomic E-state index is -0.0926. The van der Waals surface area contributed by atoms with Gasteiger partial charge in [-0.3, -0.25) is 0 Å². The summed E-state index contributed by atoms with van der Waals surface area (Å²) >= 11 is 0. The molecule has 1 heterocycles. The van der Waals surface area contributed by atoms with Crippen molar-refractivity contribution >= 4 is 0 Å². The summed E-state index contributed by atoms with van der Waals surface area (Å²) in [6.07, 6.45) is 2.20. The van der Waals surface area contributed by atoms with Crippen LogP contribution in [0.1, 0.15) is 31.2 Å². The van der Waals surface area contributed by atoms with E-state index in [-0.39, 0.29) is 11.5 Å². The van der Waals surface area contributed by atoms with Gasteiger partial charge in [0.1, 0.15) is 0 Å². The molecule has 1 saturated heterocycles. The second-order valence-corrected chi connectivity index (χ2v) is 5.19. The molecule has 3 nitrogen and oxygen atoms in total. The van der Waals surface area contributed by atoms with Gasteiger partial charge < -0.3 is 10.1 Å². The number of benzene rings is 1. The molecule has 0 radical (unpaired) electrons. The van der Waals surface area contributed by atoms with Crippen LogP contribution in [0, 0.1) is 11.3 Å². The predicted molar refractivity (Wildman–Crippen MR) is 71.3 cm³/mol. The van der Waals surface area contributed by atoms with E-state index in [2.05, 4.69) is 18.3 Å². The first kappa shape index (κ1) is 13.1. The molecule has 2 unspecified atom stereocenters. The number of hydrogen-bond acceptors (Lipinski definition) is 3. The van der Waals surface area contributed by atoms with Crippen LogP contribution in [-0.4, -0.2) is 25.3 Å². The molecule has 1 N–H and O–H groups in total. The van der Waals surface area contributed by atoms with Crippen molar-refractivity contribution in [1.29, 1.82) is 5.26 Å². The quantitative estimate of drug-likeness (QED) is 0.885. The normalized spacial score (nSPS) is 25.3. The van der Waals surface area contributed by atoms with Crippen LogP contribution in [0.3, 0.4) is 0 Å². The maximum atomic E-state index is 9.27. The van der Waals surface area contributed by atoms with Crippen molar-refractivity contribution in [2.45, 2.75) is 31.2 Å². The standard InChI is InChI=1S/C15H20N2O/c1-15(8-5-9-18-12-15)17-11-14(10-16)13-6-3-2-4-7-13/h2-4,6-7,14,17H,5,8-9,11-12H2,1H3. The van der Waals surface area contributed by atoms with Crippen LogP contribution in [0.4, 0.5) is 0 Å². The fourth-order valence-electron chi connectivity index (χ4n) is 2.35. The summed E-state index contributed by atoms with van der Waals surface area (Å²) in [6, 6.07) is 12.3. The SMILES string of the molecule is CC1(NCC(C#N)c2ccccc2)CCCOC1. The van der Waals surface area contributed by atoms with Gasteiger partial charge in [-0.15, -0.1) is 0 Å². The zero-order valence-electron chi connectivity index (χ0n) is 10.9. The number of rotatable bonds is 4. The molecular formula is C15H20N2O. The van der Waals surface area contributed by atoms with Gasteiger partial charge in [-0.2, -0.15) is 5.26 Å². The Balaban J connectivity index is 1.94. The summed E-state index contributed by atoms with van der Waals surface area (Å²) in [5, 5.41) is 12.8. The highest BCUT2D eigenvalue weighted by Crippen LogP contribution is 2.20. The highest BCUT2D eigenvalue weighted by molar-refractivity contribution is 5.25. The maximum absolute atomic E-state index is 9.27. The van der Waals surface area contributed by atoms with Gasteiger partial charge in [-0.1, -0.05) is 30.3 Å². The summed E-state index contributed by atoms with van der Waals surface area (Å²) in [6.45, 7) is 4.45. The van der Waals surface area contributed by atoms with Gasteiger partial charge in [-0.05, 0) is 25.3 Å². The van der Waals surface area contributed by atoms with Crippen molar-refractivity contribution in [1.82, 2.24) is 5.32 Å². The van der Waals surface area contributed by atoms with E-state index in [0.717, 1.165) is 31.6 Å². The van der Waals surface area contributed by atoms with E-state index >= 15 is 0 Å². The van der Waals surface area contributed by atoms with E-state index in [9.17, 15) is 5.26 Å². The lowest BCUT2D eigenvalue weighted by molar-refractivity contribution is 0.0285. The topological polar surface area (TPSA) is 45.0 Å². The second kappa shape index (κ2) is 5.99. The fraction of sp³-hybridized carbons (Fsp3) is 0.533. The van der Waals surface area contributed by atoms with Gasteiger partial charge in [-0.25, -0.2) is 0 Å². The van der Waals surface area contributed by atoms with Gasteiger partial charge in [0, 0.05) is 18.7 Å². The Morgan fingerprint density at radius 3 is 2.83 bits per heavy atom. The van der Waals surface area contributed by atoms with E-state index in [4.69, 9.17) is 4.74 Å². The Labute approximate surface area is 109 Å². The van der Waals surface area contributed by atoms with Crippen LogP contribution in [0.25, 0.3) is 0 Å². The third-order valence-electron chi connectivity index (χ3n) is 3.53. The number of nitriles is 1. The Morgan fingerprint density at radius 1 is 1.44 bits per heavy atom. The summed E-state index contributed by atoms with van der Waals surface area (Å²) in [7, 11) is 0. The van der Waals surface area contributed by atoms with Crippen molar-refractivity contribution < 1.29 is 4.74 Å². The lowest BCUT2D eigenvalue weighted by Gasteiger charge is -2.35. The van der Waals surface area contributed by atoms with E-state index < -0.39 is 0 Å². The average Bonchev–Trinajstić information content (AvgIpc) is 2.41. The van der Waals surface area contributed by atoms with Crippen LogP contribution >= 0.6 is 0 Å². The Bertz CT molecular complexity index is 404. The zero-order valence-corrected chi connectivity index (χ0v) is 10.9. The molecule has 2 atom stereocenters. The third kappa shape index (κ3) is 3.32. The van der Waals surface area contributed by atoms with Gasteiger partial charge in [0.15, 0.2) is 0 Å². The van der Waals surface area contributed by atoms with Gasteiger partial charge in [0.2, 0.25) is 0 Å². The summed E-state index contributed by atoms with van der Waals surface area (Å²) in [5.41, 5.74) is 1.09. The minimum absolute atomic E-state index is 0.0160. The maximum Gasteiger partial charge on any atom is 0.0837 e. The molecule has 0 spiro atoms. The molecule has 0 amide bonds. The van der Waals surface area contributed by atoms with Crippen LogP contribution in [0.5, 0.6) is 0 Å². The van der Waals surface area contributed by atoms with Crippen LogP contribution in [0.15, 0.2) is 30.3 Å². The zero-order chi connectivity index (χ0) is 12.8. The molecule has 1 fully saturated rings. The molecule has 1 aliphatic rings. The first-order valence-electron chi connectivity index (χ1n) is 6.51. The van der Waals surface area contributed by atoms with Crippen LogP contribution in [0.2, 0.25) is 0 Å². The third-order valence-corrected chi connectivity index (χ3v) is 3.53. The highest BCUT2D eigenvalue weighted by atomic mass is 16.5. The molecule has 1 aromatic carbocycles. The number of nitrogens with one attached hydrogen (secondary N) is 1. The van der Waals surface area contributed by atoms with Crippen LogP contribution < -0.4 is 5.32 Å². The molecule has 1 aromatic rings. The summed E-state index contributed by atoms with van der Waals surface area (Å²) in [5.74, 6) is -0.0926. The van der Waals surface area contributed by atoms with Gasteiger partial charge in [0.05, 0.1) is 18.6 Å². The van der Waals surface area contributed by atoms with Gasteiger partial charge in [0.25, 0.3) is 0 Å². The van der Waals surface area contributed by atoms with E-state index in [1.165, 1.54) is 0 Å². The molecule has 0 aliphatic carbocycles. The van der Waals surface area contributed by atoms with E-state index in [0.29, 0.717) is 6.54 Å². The molecule has 18 heavy (non-hydrogen) atoms. The van der Waals surface area contributed by atoms with Crippen molar-refractivity contribution in [3.8, 4) is 6.07 Å². The molecule has 1 aliphatic heterocycles. The minimum Gasteiger partial charge on any atom is -0.380 e. The molecule has 96 valence electrons. The summed E-state index contributed by atoms with van der Waals surface area (Å²) < 4.78 is 5.51. The molecular weight excluding hydrogens is 224 g/mol. The first-order chi connectivity index (χ1) is 8.73. The highest BCUT2D eigenvalue weighted by Gasteiger charge is 2.27. The fourth-order valence-corrected chi connectivity index (χ4v) is 2.35. The van der Waals surface area contributed by atoms with E-state index in [1.54, 1.807) is 0 Å². The van der Waals surface area contributed by atoms with Crippen molar-refractivity contribution in [3.63, 3.8) is 0 Å².